The summed E-state index contributed by atoms with van der Waals surface area (Å²) in [7, 11) is 0. The molecule has 0 bridgehead atoms. The van der Waals surface area contributed by atoms with Crippen LogP contribution in [-0.2, 0) is 0 Å². The van der Waals surface area contributed by atoms with E-state index in [-0.39, 0.29) is 21.5 Å². The number of aromatic amines is 1. The number of hydrogen-bond donors (Lipinski definition) is 1. The summed E-state index contributed by atoms with van der Waals surface area (Å²) in [5.41, 5.74) is 1.34. The van der Waals surface area contributed by atoms with Crippen molar-refractivity contribution < 1.29 is 4.92 Å². The van der Waals surface area contributed by atoms with Crippen LogP contribution in [0.3, 0.4) is 0 Å². The van der Waals surface area contributed by atoms with Crippen LogP contribution in [0.25, 0.3) is 16.6 Å². The SMILES string of the molecule is Cc1c(-n2cc(Br)c([N+](=O)[O-])n2)c(=O)[nH]c2ccccc12. The molecule has 1 aromatic carbocycles. The molecule has 0 radical (unpaired) electrons. The first-order valence-electron chi connectivity index (χ1n) is 6.00. The third-order valence-electron chi connectivity index (χ3n) is 3.20. The van der Waals surface area contributed by atoms with Gasteiger partial charge in [0, 0.05) is 10.9 Å². The molecule has 0 aliphatic heterocycles. The number of nitrogens with zero attached hydrogens (tertiary/aromatic N) is 3. The average molecular weight is 349 g/mol. The summed E-state index contributed by atoms with van der Waals surface area (Å²) in [5.74, 6) is -0.332. The molecule has 7 nitrogen and oxygen atoms in total. The lowest BCUT2D eigenvalue weighted by atomic mass is 10.1. The highest BCUT2D eigenvalue weighted by molar-refractivity contribution is 9.10. The van der Waals surface area contributed by atoms with Gasteiger partial charge in [-0.2, -0.15) is 0 Å². The number of aromatic nitrogens is 3. The van der Waals surface area contributed by atoms with E-state index in [9.17, 15) is 14.9 Å². The summed E-state index contributed by atoms with van der Waals surface area (Å²) in [6.07, 6.45) is 1.41. The molecule has 0 saturated heterocycles. The first kappa shape index (κ1) is 13.5. The van der Waals surface area contributed by atoms with Gasteiger partial charge in [-0.15, -0.1) is 4.68 Å². The Kier molecular flexibility index (Phi) is 3.09. The molecule has 3 aromatic rings. The van der Waals surface area contributed by atoms with E-state index in [4.69, 9.17) is 0 Å². The average Bonchev–Trinajstić information content (AvgIpc) is 2.80. The maximum Gasteiger partial charge on any atom is 0.404 e. The van der Waals surface area contributed by atoms with Crippen LogP contribution in [0.2, 0.25) is 0 Å². The molecule has 0 aliphatic carbocycles. The van der Waals surface area contributed by atoms with Crippen molar-refractivity contribution in [2.45, 2.75) is 6.92 Å². The predicted molar refractivity (Wildman–Crippen MR) is 80.8 cm³/mol. The lowest BCUT2D eigenvalue weighted by molar-refractivity contribution is -0.390. The predicted octanol–water partition coefficient (Wildman–Crippen LogP) is 2.69. The topological polar surface area (TPSA) is 93.8 Å². The summed E-state index contributed by atoms with van der Waals surface area (Å²) < 4.78 is 1.45. The van der Waals surface area contributed by atoms with E-state index in [1.54, 1.807) is 13.0 Å². The standard InChI is InChI=1S/C13H9BrN4O3/c1-7-8-4-2-3-5-10(8)15-13(19)11(7)17-6-9(14)12(16-17)18(20)21/h2-6H,1H3,(H,15,19). The zero-order chi connectivity index (χ0) is 15.1. The molecule has 0 atom stereocenters. The number of aryl methyl sites for hydroxylation is 1. The molecule has 21 heavy (non-hydrogen) atoms. The maximum atomic E-state index is 12.2. The highest BCUT2D eigenvalue weighted by atomic mass is 79.9. The van der Waals surface area contributed by atoms with Gasteiger partial charge in [0.2, 0.25) is 0 Å². The Bertz CT molecular complexity index is 929. The number of para-hydroxylation sites is 1. The lowest BCUT2D eigenvalue weighted by Crippen LogP contribution is -2.17. The van der Waals surface area contributed by atoms with Crippen molar-refractivity contribution in [3.63, 3.8) is 0 Å². The number of hydrogen-bond acceptors (Lipinski definition) is 4. The second-order valence-corrected chi connectivity index (χ2v) is 5.33. The van der Waals surface area contributed by atoms with Gasteiger partial charge in [-0.1, -0.05) is 18.2 Å². The minimum absolute atomic E-state index is 0.222. The van der Waals surface area contributed by atoms with E-state index in [0.717, 1.165) is 5.39 Å². The number of halogens is 1. The zero-order valence-corrected chi connectivity index (χ0v) is 12.4. The quantitative estimate of drug-likeness (QED) is 0.569. The molecule has 0 saturated carbocycles. The number of H-pyrrole nitrogens is 1. The van der Waals surface area contributed by atoms with Gasteiger partial charge in [-0.3, -0.25) is 4.79 Å². The van der Waals surface area contributed by atoms with E-state index in [1.165, 1.54) is 10.9 Å². The number of pyridine rings is 1. The van der Waals surface area contributed by atoms with Crippen LogP contribution in [0.15, 0.2) is 39.7 Å². The fourth-order valence-corrected chi connectivity index (χ4v) is 2.67. The van der Waals surface area contributed by atoms with Crippen LogP contribution in [0, 0.1) is 17.0 Å². The van der Waals surface area contributed by atoms with Crippen LogP contribution in [0.5, 0.6) is 0 Å². The van der Waals surface area contributed by atoms with Gasteiger partial charge < -0.3 is 15.1 Å². The highest BCUT2D eigenvalue weighted by Gasteiger charge is 2.22. The number of nitrogens with one attached hydrogen (secondary N) is 1. The number of fused-ring (bicyclic) bond motifs is 1. The van der Waals surface area contributed by atoms with Gasteiger partial charge in [0.25, 0.3) is 5.56 Å². The van der Waals surface area contributed by atoms with E-state index in [0.29, 0.717) is 11.1 Å². The van der Waals surface area contributed by atoms with Gasteiger partial charge >= 0.3 is 5.82 Å². The zero-order valence-electron chi connectivity index (χ0n) is 10.8. The molecule has 0 spiro atoms. The summed E-state index contributed by atoms with van der Waals surface area (Å²) in [6, 6.07) is 7.36. The van der Waals surface area contributed by atoms with Gasteiger partial charge in [0.15, 0.2) is 5.69 Å². The van der Waals surface area contributed by atoms with Crippen molar-refractivity contribution in [1.82, 2.24) is 14.8 Å². The summed E-state index contributed by atoms with van der Waals surface area (Å²) in [5, 5.41) is 15.6. The molecule has 0 aliphatic rings. The maximum absolute atomic E-state index is 12.2. The number of nitro groups is 1. The molecule has 2 heterocycles. The normalized spacial score (nSPS) is 11.0. The number of rotatable bonds is 2. The molecular formula is C13H9BrN4O3. The summed E-state index contributed by atoms with van der Waals surface area (Å²) in [4.78, 5) is 25.3. The first-order valence-corrected chi connectivity index (χ1v) is 6.80. The molecule has 0 fully saturated rings. The van der Waals surface area contributed by atoms with E-state index >= 15 is 0 Å². The molecule has 3 rings (SSSR count). The fourth-order valence-electron chi connectivity index (χ4n) is 2.26. The molecule has 0 unspecified atom stereocenters. The number of benzene rings is 1. The van der Waals surface area contributed by atoms with Gasteiger partial charge in [0.05, 0.1) is 11.3 Å². The second kappa shape index (κ2) is 4.81. The van der Waals surface area contributed by atoms with Crippen LogP contribution < -0.4 is 5.56 Å². The van der Waals surface area contributed by atoms with Crippen molar-refractivity contribution in [2.75, 3.05) is 0 Å². The Morgan fingerprint density at radius 2 is 2.10 bits per heavy atom. The third kappa shape index (κ3) is 2.13. The largest absolute Gasteiger partial charge is 0.404 e. The Morgan fingerprint density at radius 1 is 1.38 bits per heavy atom. The van der Waals surface area contributed by atoms with Crippen LogP contribution in [0.1, 0.15) is 5.56 Å². The Hall–Kier alpha value is -2.48. The van der Waals surface area contributed by atoms with Crippen molar-refractivity contribution in [3.05, 3.63) is 61.0 Å². The Balaban J connectivity index is 2.32. The van der Waals surface area contributed by atoms with Crippen molar-refractivity contribution in [1.29, 1.82) is 0 Å². The van der Waals surface area contributed by atoms with Crippen LogP contribution in [0.4, 0.5) is 5.82 Å². The van der Waals surface area contributed by atoms with E-state index in [1.807, 2.05) is 18.2 Å². The van der Waals surface area contributed by atoms with Crippen LogP contribution in [-0.4, -0.2) is 19.7 Å². The molecule has 0 amide bonds. The molecule has 106 valence electrons. The summed E-state index contributed by atoms with van der Waals surface area (Å²) in [6.45, 7) is 1.79. The smallest absolute Gasteiger partial charge is 0.358 e. The molecular weight excluding hydrogens is 340 g/mol. The first-order chi connectivity index (χ1) is 9.99. The fraction of sp³-hybridized carbons (Fsp3) is 0.0769. The van der Waals surface area contributed by atoms with E-state index in [2.05, 4.69) is 26.0 Å². The van der Waals surface area contributed by atoms with Gasteiger partial charge in [0.1, 0.15) is 4.47 Å². The summed E-state index contributed by atoms with van der Waals surface area (Å²) >= 11 is 3.08. The lowest BCUT2D eigenvalue weighted by Gasteiger charge is -2.06. The minimum atomic E-state index is -0.606. The third-order valence-corrected chi connectivity index (χ3v) is 3.76. The van der Waals surface area contributed by atoms with E-state index < -0.39 is 4.92 Å². The molecule has 8 heteroatoms. The van der Waals surface area contributed by atoms with Crippen molar-refractivity contribution >= 4 is 32.7 Å². The van der Waals surface area contributed by atoms with Crippen molar-refractivity contribution in [3.8, 4) is 5.69 Å². The highest BCUT2D eigenvalue weighted by Crippen LogP contribution is 2.25. The minimum Gasteiger partial charge on any atom is -0.358 e. The second-order valence-electron chi connectivity index (χ2n) is 4.48. The molecule has 1 N–H and O–H groups in total. The molecule has 2 aromatic heterocycles. The Labute approximate surface area is 126 Å². The van der Waals surface area contributed by atoms with Crippen molar-refractivity contribution in [2.24, 2.45) is 0 Å². The van der Waals surface area contributed by atoms with Gasteiger partial charge in [-0.25, -0.2) is 0 Å². The van der Waals surface area contributed by atoms with Crippen LogP contribution >= 0.6 is 15.9 Å². The monoisotopic (exact) mass is 348 g/mol. The van der Waals surface area contributed by atoms with Gasteiger partial charge in [-0.05, 0) is 39.4 Å². The Morgan fingerprint density at radius 3 is 2.76 bits per heavy atom.